The molecule has 0 atom stereocenters. The molecule has 1 aromatic carbocycles. The maximum absolute atomic E-state index is 11.1. The first-order chi connectivity index (χ1) is 9.13. The number of nitrogens with zero attached hydrogens (tertiary/aromatic N) is 1. The van der Waals surface area contributed by atoms with Crippen LogP contribution >= 0.6 is 0 Å². The summed E-state index contributed by atoms with van der Waals surface area (Å²) in [6.07, 6.45) is 1.02. The lowest BCUT2D eigenvalue weighted by Crippen LogP contribution is -2.09. The molecule has 0 aliphatic heterocycles. The van der Waals surface area contributed by atoms with Crippen LogP contribution in [0.1, 0.15) is 18.9 Å². The van der Waals surface area contributed by atoms with E-state index >= 15 is 0 Å². The topological polar surface area (TPSA) is 59.3 Å². The van der Waals surface area contributed by atoms with Gasteiger partial charge in [0, 0.05) is 12.0 Å². The van der Waals surface area contributed by atoms with Gasteiger partial charge in [-0.15, -0.1) is 0 Å². The van der Waals surface area contributed by atoms with Crippen molar-refractivity contribution in [3.63, 3.8) is 0 Å². The van der Waals surface area contributed by atoms with E-state index in [1.54, 1.807) is 6.92 Å². The number of nitriles is 1. The maximum atomic E-state index is 11.1. The summed E-state index contributed by atoms with van der Waals surface area (Å²) in [6.45, 7) is 5.90. The maximum Gasteiger partial charge on any atom is 0.333 e. The molecule has 4 nitrogen and oxygen atoms in total. The SMILES string of the molecule is C=C(C)C(=O)OCCCOc1ccc(CC#N)cc1. The van der Waals surface area contributed by atoms with Gasteiger partial charge in [-0.1, -0.05) is 18.7 Å². The minimum absolute atomic E-state index is 0.318. The van der Waals surface area contributed by atoms with Gasteiger partial charge in [0.25, 0.3) is 0 Å². The van der Waals surface area contributed by atoms with E-state index in [0.29, 0.717) is 31.6 Å². The first kappa shape index (κ1) is 14.8. The first-order valence-electron chi connectivity index (χ1n) is 6.05. The quantitative estimate of drug-likeness (QED) is 0.429. The van der Waals surface area contributed by atoms with Gasteiger partial charge >= 0.3 is 5.97 Å². The largest absolute Gasteiger partial charge is 0.493 e. The van der Waals surface area contributed by atoms with E-state index in [0.717, 1.165) is 11.3 Å². The van der Waals surface area contributed by atoms with Gasteiger partial charge in [-0.2, -0.15) is 5.26 Å². The van der Waals surface area contributed by atoms with Crippen LogP contribution in [-0.2, 0) is 16.0 Å². The molecule has 0 aliphatic carbocycles. The number of rotatable bonds is 7. The Balaban J connectivity index is 2.21. The molecule has 0 aromatic heterocycles. The highest BCUT2D eigenvalue weighted by Crippen LogP contribution is 2.12. The summed E-state index contributed by atoms with van der Waals surface area (Å²) < 4.78 is 10.4. The fourth-order valence-electron chi connectivity index (χ4n) is 1.33. The van der Waals surface area contributed by atoms with E-state index in [9.17, 15) is 4.79 Å². The summed E-state index contributed by atoms with van der Waals surface area (Å²) in [7, 11) is 0. The number of hydrogen-bond donors (Lipinski definition) is 0. The van der Waals surface area contributed by atoms with Gasteiger partial charge in [0.1, 0.15) is 5.75 Å². The van der Waals surface area contributed by atoms with Crippen molar-refractivity contribution in [1.29, 1.82) is 5.26 Å². The average molecular weight is 259 g/mol. The number of ether oxygens (including phenoxy) is 2. The molecule has 0 aliphatic rings. The Morgan fingerprint density at radius 2 is 2.00 bits per heavy atom. The number of carbonyl (C=O) groups excluding carboxylic acids is 1. The van der Waals surface area contributed by atoms with E-state index in [1.165, 1.54) is 0 Å². The van der Waals surface area contributed by atoms with Crippen LogP contribution in [0.2, 0.25) is 0 Å². The summed E-state index contributed by atoms with van der Waals surface area (Å²) in [4.78, 5) is 11.1. The molecule has 1 aromatic rings. The second-order valence-electron chi connectivity index (χ2n) is 4.10. The molecule has 0 radical (unpaired) electrons. The predicted octanol–water partition coefficient (Wildman–Crippen LogP) is 2.64. The van der Waals surface area contributed by atoms with Gasteiger partial charge in [-0.05, 0) is 24.6 Å². The number of esters is 1. The minimum Gasteiger partial charge on any atom is -0.493 e. The minimum atomic E-state index is -0.374. The van der Waals surface area contributed by atoms with Gasteiger partial charge in [0.2, 0.25) is 0 Å². The molecule has 0 spiro atoms. The molecule has 0 bridgehead atoms. The third-order valence-corrected chi connectivity index (χ3v) is 2.35. The molecule has 0 saturated heterocycles. The highest BCUT2D eigenvalue weighted by molar-refractivity contribution is 5.86. The Morgan fingerprint density at radius 3 is 2.58 bits per heavy atom. The number of benzene rings is 1. The van der Waals surface area contributed by atoms with E-state index in [1.807, 2.05) is 24.3 Å². The Hall–Kier alpha value is -2.28. The summed E-state index contributed by atoms with van der Waals surface area (Å²) in [6, 6.07) is 9.46. The zero-order chi connectivity index (χ0) is 14.1. The first-order valence-corrected chi connectivity index (χ1v) is 6.05. The molecule has 1 rings (SSSR count). The van der Waals surface area contributed by atoms with Gasteiger partial charge in [0.15, 0.2) is 0 Å². The highest BCUT2D eigenvalue weighted by Gasteiger charge is 2.02. The van der Waals surface area contributed by atoms with Gasteiger partial charge in [-0.25, -0.2) is 4.79 Å². The Labute approximate surface area is 113 Å². The zero-order valence-corrected chi connectivity index (χ0v) is 11.0. The van der Waals surface area contributed by atoms with Crippen molar-refractivity contribution in [3.8, 4) is 11.8 Å². The third-order valence-electron chi connectivity index (χ3n) is 2.35. The lowest BCUT2D eigenvalue weighted by molar-refractivity contribution is -0.139. The van der Waals surface area contributed by atoms with Gasteiger partial charge in [-0.3, -0.25) is 0 Å². The van der Waals surface area contributed by atoms with Crippen molar-refractivity contribution in [2.24, 2.45) is 0 Å². The summed E-state index contributed by atoms with van der Waals surface area (Å²) in [5.41, 5.74) is 1.36. The van der Waals surface area contributed by atoms with Crippen LogP contribution in [0.4, 0.5) is 0 Å². The molecule has 0 fully saturated rings. The second-order valence-corrected chi connectivity index (χ2v) is 4.10. The normalized spacial score (nSPS) is 9.47. The molecule has 19 heavy (non-hydrogen) atoms. The number of hydrogen-bond acceptors (Lipinski definition) is 4. The van der Waals surface area contributed by atoms with Crippen molar-refractivity contribution in [1.82, 2.24) is 0 Å². The third kappa shape index (κ3) is 5.73. The van der Waals surface area contributed by atoms with Crippen LogP contribution in [0, 0.1) is 11.3 Å². The van der Waals surface area contributed by atoms with Crippen LogP contribution in [0.3, 0.4) is 0 Å². The fraction of sp³-hybridized carbons (Fsp3) is 0.333. The molecule has 0 N–H and O–H groups in total. The molecular weight excluding hydrogens is 242 g/mol. The lowest BCUT2D eigenvalue weighted by atomic mass is 10.2. The Bertz CT molecular complexity index is 471. The number of carbonyl (C=O) groups is 1. The van der Waals surface area contributed by atoms with E-state index in [2.05, 4.69) is 12.6 Å². The predicted molar refractivity (Wildman–Crippen MR) is 71.6 cm³/mol. The molecule has 4 heteroatoms. The average Bonchev–Trinajstić information content (AvgIpc) is 2.40. The zero-order valence-electron chi connectivity index (χ0n) is 11.0. The molecular formula is C15H17NO3. The summed E-state index contributed by atoms with van der Waals surface area (Å²) >= 11 is 0. The lowest BCUT2D eigenvalue weighted by Gasteiger charge is -2.07. The monoisotopic (exact) mass is 259 g/mol. The van der Waals surface area contributed by atoms with Crippen LogP contribution in [-0.4, -0.2) is 19.2 Å². The standard InChI is InChI=1S/C15H17NO3/c1-12(2)15(17)19-11-3-10-18-14-6-4-13(5-7-14)8-9-16/h4-7H,1,3,8,10-11H2,2H3. The smallest absolute Gasteiger partial charge is 0.333 e. The summed E-state index contributed by atoms with van der Waals surface area (Å²) in [5.74, 6) is 0.369. The second kappa shape index (κ2) is 7.93. The molecule has 0 heterocycles. The van der Waals surface area contributed by atoms with E-state index < -0.39 is 0 Å². The van der Waals surface area contributed by atoms with Crippen molar-refractivity contribution in [3.05, 3.63) is 42.0 Å². The van der Waals surface area contributed by atoms with Crippen molar-refractivity contribution < 1.29 is 14.3 Å². The summed E-state index contributed by atoms with van der Waals surface area (Å²) in [5, 5.41) is 8.54. The Morgan fingerprint density at radius 1 is 1.32 bits per heavy atom. The van der Waals surface area contributed by atoms with Gasteiger partial charge in [0.05, 0.1) is 25.7 Å². The van der Waals surface area contributed by atoms with Crippen molar-refractivity contribution in [2.75, 3.05) is 13.2 Å². The van der Waals surface area contributed by atoms with E-state index in [-0.39, 0.29) is 5.97 Å². The van der Waals surface area contributed by atoms with Crippen LogP contribution in [0.15, 0.2) is 36.4 Å². The van der Waals surface area contributed by atoms with Crippen LogP contribution in [0.5, 0.6) is 5.75 Å². The molecule has 0 unspecified atom stereocenters. The van der Waals surface area contributed by atoms with Crippen LogP contribution < -0.4 is 4.74 Å². The van der Waals surface area contributed by atoms with Crippen LogP contribution in [0.25, 0.3) is 0 Å². The Kier molecular flexibility index (Phi) is 6.17. The van der Waals surface area contributed by atoms with E-state index in [4.69, 9.17) is 14.7 Å². The molecule has 0 amide bonds. The highest BCUT2D eigenvalue weighted by atomic mass is 16.5. The van der Waals surface area contributed by atoms with Crippen molar-refractivity contribution >= 4 is 5.97 Å². The van der Waals surface area contributed by atoms with Crippen molar-refractivity contribution in [2.45, 2.75) is 19.8 Å². The van der Waals surface area contributed by atoms with Gasteiger partial charge < -0.3 is 9.47 Å². The molecule has 0 saturated carbocycles. The molecule has 100 valence electrons. The fourth-order valence-corrected chi connectivity index (χ4v) is 1.33.